The van der Waals surface area contributed by atoms with Gasteiger partial charge in [-0.2, -0.15) is 0 Å². The summed E-state index contributed by atoms with van der Waals surface area (Å²) in [5, 5.41) is 17.6. The number of nitro groups is 1. The first-order valence-corrected chi connectivity index (χ1v) is 8.86. The summed E-state index contributed by atoms with van der Waals surface area (Å²) >= 11 is 1.81. The zero-order valence-electron chi connectivity index (χ0n) is 14.7. The smallest absolute Gasteiger partial charge is 0.269 e. The summed E-state index contributed by atoms with van der Waals surface area (Å²) in [7, 11) is 1.72. The Kier molecular flexibility index (Phi) is 10.0. The molecule has 0 spiro atoms. The van der Waals surface area contributed by atoms with Crippen molar-refractivity contribution in [2.24, 2.45) is 4.99 Å². The van der Waals surface area contributed by atoms with Gasteiger partial charge >= 0.3 is 0 Å². The second kappa shape index (κ2) is 11.7. The monoisotopic (exact) mass is 486 g/mol. The van der Waals surface area contributed by atoms with Gasteiger partial charge in [-0.25, -0.2) is 0 Å². The molecule has 1 unspecified atom stereocenters. The van der Waals surface area contributed by atoms with E-state index >= 15 is 0 Å². The number of non-ortho nitro benzene ring substituents is 1. The van der Waals surface area contributed by atoms with Crippen LogP contribution in [0.25, 0.3) is 0 Å². The van der Waals surface area contributed by atoms with Crippen LogP contribution >= 0.6 is 35.7 Å². The molecular formula is C18H23IN4O2S. The summed E-state index contributed by atoms with van der Waals surface area (Å²) < 4.78 is 0. The van der Waals surface area contributed by atoms with E-state index in [1.165, 1.54) is 17.0 Å². The fraction of sp³-hybridized carbons (Fsp3) is 0.278. The molecule has 0 bridgehead atoms. The molecule has 6 nitrogen and oxygen atoms in total. The number of benzene rings is 2. The second-order valence-corrected chi connectivity index (χ2v) is 6.98. The van der Waals surface area contributed by atoms with Gasteiger partial charge in [0.25, 0.3) is 5.69 Å². The highest BCUT2D eigenvalue weighted by Crippen LogP contribution is 2.21. The third kappa shape index (κ3) is 7.61. The summed E-state index contributed by atoms with van der Waals surface area (Å²) in [6, 6.07) is 16.8. The number of guanidine groups is 1. The molecule has 8 heteroatoms. The zero-order chi connectivity index (χ0) is 18.1. The molecule has 2 aromatic rings. The molecule has 0 aliphatic rings. The largest absolute Gasteiger partial charge is 0.355 e. The number of rotatable bonds is 7. The maximum atomic E-state index is 10.7. The summed E-state index contributed by atoms with van der Waals surface area (Å²) in [5.74, 6) is 0.707. The molecule has 0 aliphatic carbocycles. The van der Waals surface area contributed by atoms with E-state index in [-0.39, 0.29) is 29.7 Å². The number of halogens is 1. The Labute approximate surface area is 175 Å². The summed E-state index contributed by atoms with van der Waals surface area (Å²) in [4.78, 5) is 15.7. The van der Waals surface area contributed by atoms with Crippen LogP contribution in [0, 0.1) is 10.1 Å². The second-order valence-electron chi connectivity index (χ2n) is 5.47. The minimum atomic E-state index is -0.399. The minimum Gasteiger partial charge on any atom is -0.355 e. The van der Waals surface area contributed by atoms with E-state index in [0.717, 1.165) is 12.1 Å². The van der Waals surface area contributed by atoms with Crippen molar-refractivity contribution in [3.63, 3.8) is 0 Å². The van der Waals surface area contributed by atoms with E-state index in [4.69, 9.17) is 0 Å². The molecule has 0 radical (unpaired) electrons. The molecule has 0 heterocycles. The summed E-state index contributed by atoms with van der Waals surface area (Å²) in [5.41, 5.74) is 1.05. The van der Waals surface area contributed by atoms with E-state index in [0.29, 0.717) is 17.8 Å². The molecule has 0 saturated carbocycles. The Balaban J connectivity index is 0.00000338. The molecule has 1 atom stereocenters. The van der Waals surface area contributed by atoms with Gasteiger partial charge in [0.15, 0.2) is 5.96 Å². The van der Waals surface area contributed by atoms with E-state index < -0.39 is 4.92 Å². The molecule has 0 amide bonds. The average Bonchev–Trinajstić information content (AvgIpc) is 2.63. The van der Waals surface area contributed by atoms with Crippen LogP contribution in [-0.4, -0.2) is 29.7 Å². The van der Waals surface area contributed by atoms with Crippen molar-refractivity contribution < 1.29 is 4.92 Å². The van der Waals surface area contributed by atoms with Crippen LogP contribution in [0.15, 0.2) is 64.5 Å². The predicted molar refractivity (Wildman–Crippen MR) is 118 cm³/mol. The van der Waals surface area contributed by atoms with Gasteiger partial charge in [0.2, 0.25) is 0 Å². The van der Waals surface area contributed by atoms with E-state index in [1.807, 2.05) is 18.2 Å². The minimum absolute atomic E-state index is 0. The average molecular weight is 486 g/mol. The number of nitrogens with zero attached hydrogens (tertiary/aromatic N) is 2. The van der Waals surface area contributed by atoms with Gasteiger partial charge in [0.1, 0.15) is 0 Å². The predicted octanol–water partition coefficient (Wildman–Crippen LogP) is 4.06. The molecule has 2 rings (SSSR count). The fourth-order valence-electron chi connectivity index (χ4n) is 2.16. The zero-order valence-corrected chi connectivity index (χ0v) is 17.9. The molecular weight excluding hydrogens is 463 g/mol. The fourth-order valence-corrected chi connectivity index (χ4v) is 3.10. The number of thioether (sulfide) groups is 1. The van der Waals surface area contributed by atoms with Gasteiger partial charge in [0, 0.05) is 42.4 Å². The van der Waals surface area contributed by atoms with Crippen molar-refractivity contribution in [3.05, 3.63) is 70.3 Å². The quantitative estimate of drug-likeness (QED) is 0.154. The number of hydrogen-bond donors (Lipinski definition) is 2. The molecule has 2 N–H and O–H groups in total. The first-order valence-electron chi connectivity index (χ1n) is 7.98. The lowest BCUT2D eigenvalue weighted by molar-refractivity contribution is -0.384. The Hall–Kier alpha value is -1.81. The number of nitrogens with one attached hydrogen (secondary N) is 2. The van der Waals surface area contributed by atoms with Crippen LogP contribution in [0.4, 0.5) is 5.69 Å². The van der Waals surface area contributed by atoms with E-state index in [2.05, 4.69) is 34.7 Å². The van der Waals surface area contributed by atoms with Crippen LogP contribution in [0.3, 0.4) is 0 Å². The lowest BCUT2D eigenvalue weighted by Gasteiger charge is -2.16. The Bertz CT molecular complexity index is 711. The third-order valence-electron chi connectivity index (χ3n) is 3.47. The first kappa shape index (κ1) is 22.2. The molecule has 0 aliphatic heterocycles. The SMILES string of the molecule is CN=C(NCc1ccc([N+](=O)[O-])cc1)NCC(C)Sc1ccccc1.I. The van der Waals surface area contributed by atoms with Crippen molar-refractivity contribution in [1.82, 2.24) is 10.6 Å². The van der Waals surface area contributed by atoms with Crippen LogP contribution in [0.1, 0.15) is 12.5 Å². The van der Waals surface area contributed by atoms with Crippen LogP contribution < -0.4 is 10.6 Å². The van der Waals surface area contributed by atoms with Crippen LogP contribution in [0.5, 0.6) is 0 Å². The van der Waals surface area contributed by atoms with Gasteiger partial charge in [-0.15, -0.1) is 35.7 Å². The number of hydrogen-bond acceptors (Lipinski definition) is 4. The standard InChI is InChI=1S/C18H22N4O2S.HI/c1-14(25-17-6-4-3-5-7-17)12-20-18(19-2)21-13-15-8-10-16(11-9-15)22(23)24;/h3-11,14H,12-13H2,1-2H3,(H2,19,20,21);1H. The number of nitro benzene ring substituents is 1. The highest BCUT2D eigenvalue weighted by Gasteiger charge is 2.07. The van der Waals surface area contributed by atoms with Gasteiger partial charge in [-0.3, -0.25) is 15.1 Å². The Morgan fingerprint density at radius 3 is 2.38 bits per heavy atom. The molecule has 0 saturated heterocycles. The molecule has 0 aromatic heterocycles. The van der Waals surface area contributed by atoms with E-state index in [9.17, 15) is 10.1 Å². The van der Waals surface area contributed by atoms with Crippen molar-refractivity contribution in [2.45, 2.75) is 23.6 Å². The highest BCUT2D eigenvalue weighted by molar-refractivity contribution is 14.0. The summed E-state index contributed by atoms with van der Waals surface area (Å²) in [6.07, 6.45) is 0. The van der Waals surface area contributed by atoms with Crippen molar-refractivity contribution in [3.8, 4) is 0 Å². The molecule has 26 heavy (non-hydrogen) atoms. The van der Waals surface area contributed by atoms with E-state index in [1.54, 1.807) is 30.9 Å². The highest BCUT2D eigenvalue weighted by atomic mass is 127. The van der Waals surface area contributed by atoms with Crippen molar-refractivity contribution >= 4 is 47.4 Å². The molecule has 2 aromatic carbocycles. The van der Waals surface area contributed by atoms with Crippen molar-refractivity contribution in [1.29, 1.82) is 0 Å². The van der Waals surface area contributed by atoms with Gasteiger partial charge in [0.05, 0.1) is 4.92 Å². The van der Waals surface area contributed by atoms with Gasteiger partial charge in [-0.05, 0) is 17.7 Å². The van der Waals surface area contributed by atoms with Crippen LogP contribution in [0.2, 0.25) is 0 Å². The topological polar surface area (TPSA) is 79.6 Å². The lowest BCUT2D eigenvalue weighted by Crippen LogP contribution is -2.39. The lowest BCUT2D eigenvalue weighted by atomic mass is 10.2. The van der Waals surface area contributed by atoms with Crippen molar-refractivity contribution in [2.75, 3.05) is 13.6 Å². The third-order valence-corrected chi connectivity index (χ3v) is 4.58. The summed E-state index contributed by atoms with van der Waals surface area (Å²) in [6.45, 7) is 3.49. The number of aliphatic imine (C=N–C) groups is 1. The Morgan fingerprint density at radius 1 is 1.15 bits per heavy atom. The maximum absolute atomic E-state index is 10.7. The van der Waals surface area contributed by atoms with Gasteiger partial charge < -0.3 is 10.6 Å². The molecule has 0 fully saturated rings. The normalized spacial score (nSPS) is 12.0. The first-order chi connectivity index (χ1) is 12.1. The maximum Gasteiger partial charge on any atom is 0.269 e. The Morgan fingerprint density at radius 2 is 1.81 bits per heavy atom. The van der Waals surface area contributed by atoms with Crippen LogP contribution in [-0.2, 0) is 6.54 Å². The van der Waals surface area contributed by atoms with Gasteiger partial charge in [-0.1, -0.05) is 37.3 Å². The molecule has 140 valence electrons.